The van der Waals surface area contributed by atoms with Crippen molar-refractivity contribution in [2.75, 3.05) is 13.2 Å². The minimum absolute atomic E-state index is 0.699. The first kappa shape index (κ1) is 16.2. The van der Waals surface area contributed by atoms with Crippen molar-refractivity contribution in [3.05, 3.63) is 35.9 Å². The summed E-state index contributed by atoms with van der Waals surface area (Å²) < 4.78 is 5.71. The molecule has 1 aromatic carbocycles. The van der Waals surface area contributed by atoms with Crippen LogP contribution in [0, 0.1) is 0 Å². The van der Waals surface area contributed by atoms with Crippen LogP contribution in [-0.2, 0) is 4.74 Å². The molecule has 0 aliphatic heterocycles. The Labute approximate surface area is 119 Å². The number of hydrogen-bond acceptors (Lipinski definition) is 1. The van der Waals surface area contributed by atoms with Gasteiger partial charge in [0.25, 0.3) is 0 Å². The van der Waals surface area contributed by atoms with Gasteiger partial charge in [0, 0.05) is 13.2 Å². The summed E-state index contributed by atoms with van der Waals surface area (Å²) in [7, 11) is 0. The molecule has 0 aromatic heterocycles. The fourth-order valence-corrected chi connectivity index (χ4v) is 2.50. The Morgan fingerprint density at radius 2 is 1.63 bits per heavy atom. The van der Waals surface area contributed by atoms with E-state index in [4.69, 9.17) is 4.74 Å². The maximum Gasteiger partial charge on any atom is 0.0466 e. The summed E-state index contributed by atoms with van der Waals surface area (Å²) in [6, 6.07) is 10.9. The fraction of sp³-hybridized carbons (Fsp3) is 0.667. The van der Waals surface area contributed by atoms with Gasteiger partial charge in [-0.2, -0.15) is 0 Å². The van der Waals surface area contributed by atoms with E-state index in [9.17, 15) is 0 Å². The lowest BCUT2D eigenvalue weighted by molar-refractivity contribution is 0.124. The molecule has 0 bridgehead atoms. The highest BCUT2D eigenvalue weighted by molar-refractivity contribution is 5.19. The molecule has 1 rings (SSSR count). The van der Waals surface area contributed by atoms with Crippen LogP contribution in [-0.4, -0.2) is 13.2 Å². The van der Waals surface area contributed by atoms with E-state index in [1.54, 1.807) is 0 Å². The van der Waals surface area contributed by atoms with Gasteiger partial charge >= 0.3 is 0 Å². The van der Waals surface area contributed by atoms with Crippen molar-refractivity contribution >= 4 is 0 Å². The maximum absolute atomic E-state index is 5.71. The molecule has 1 nitrogen and oxygen atoms in total. The van der Waals surface area contributed by atoms with E-state index in [1.165, 1.54) is 50.5 Å². The van der Waals surface area contributed by atoms with Gasteiger partial charge in [0.15, 0.2) is 0 Å². The molecule has 0 heterocycles. The monoisotopic (exact) mass is 262 g/mol. The number of unbranched alkanes of at least 4 members (excludes halogenated alkanes) is 3. The number of benzene rings is 1. The molecule has 1 aromatic rings. The van der Waals surface area contributed by atoms with E-state index in [0.29, 0.717) is 5.92 Å². The zero-order valence-electron chi connectivity index (χ0n) is 12.7. The minimum Gasteiger partial charge on any atom is -0.381 e. The van der Waals surface area contributed by atoms with E-state index < -0.39 is 0 Å². The molecule has 19 heavy (non-hydrogen) atoms. The van der Waals surface area contributed by atoms with Gasteiger partial charge in [-0.3, -0.25) is 0 Å². The van der Waals surface area contributed by atoms with Gasteiger partial charge in [0.1, 0.15) is 0 Å². The SMILES string of the molecule is CCCCCCOCCCC(CC)c1ccccc1. The molecule has 0 amide bonds. The van der Waals surface area contributed by atoms with Gasteiger partial charge in [0.2, 0.25) is 0 Å². The van der Waals surface area contributed by atoms with Gasteiger partial charge in [-0.1, -0.05) is 63.4 Å². The molecule has 1 atom stereocenters. The molecule has 0 fully saturated rings. The molecular formula is C18H30O. The Balaban J connectivity index is 2.07. The lowest BCUT2D eigenvalue weighted by Gasteiger charge is -2.15. The molecule has 0 radical (unpaired) electrons. The summed E-state index contributed by atoms with van der Waals surface area (Å²) >= 11 is 0. The van der Waals surface area contributed by atoms with Gasteiger partial charge in [-0.15, -0.1) is 0 Å². The van der Waals surface area contributed by atoms with E-state index in [2.05, 4.69) is 44.2 Å². The molecular weight excluding hydrogens is 232 g/mol. The van der Waals surface area contributed by atoms with Crippen molar-refractivity contribution in [3.8, 4) is 0 Å². The Morgan fingerprint density at radius 1 is 0.895 bits per heavy atom. The van der Waals surface area contributed by atoms with Crippen LogP contribution in [0.15, 0.2) is 30.3 Å². The molecule has 0 saturated carbocycles. The van der Waals surface area contributed by atoms with Crippen molar-refractivity contribution in [1.82, 2.24) is 0 Å². The Bertz CT molecular complexity index is 294. The summed E-state index contributed by atoms with van der Waals surface area (Å²) in [5.41, 5.74) is 1.48. The maximum atomic E-state index is 5.71. The van der Waals surface area contributed by atoms with E-state index in [-0.39, 0.29) is 0 Å². The second kappa shape index (κ2) is 11.0. The van der Waals surface area contributed by atoms with E-state index in [0.717, 1.165) is 13.2 Å². The third-order valence-corrected chi connectivity index (χ3v) is 3.75. The third kappa shape index (κ3) is 7.37. The van der Waals surface area contributed by atoms with Crippen LogP contribution in [0.4, 0.5) is 0 Å². The standard InChI is InChI=1S/C18H30O/c1-3-5-6-10-15-19-16-11-14-17(4-2)18-12-8-7-9-13-18/h7-9,12-13,17H,3-6,10-11,14-16H2,1-2H3. The number of rotatable bonds is 11. The lowest BCUT2D eigenvalue weighted by atomic mass is 9.92. The average Bonchev–Trinajstić information content (AvgIpc) is 2.47. The first-order valence-corrected chi connectivity index (χ1v) is 8.01. The predicted octanol–water partition coefficient (Wildman–Crippen LogP) is 5.56. The third-order valence-electron chi connectivity index (χ3n) is 3.75. The quantitative estimate of drug-likeness (QED) is 0.475. The van der Waals surface area contributed by atoms with Crippen LogP contribution >= 0.6 is 0 Å². The molecule has 0 aliphatic rings. The van der Waals surface area contributed by atoms with E-state index >= 15 is 0 Å². The fourth-order valence-electron chi connectivity index (χ4n) is 2.50. The van der Waals surface area contributed by atoms with Crippen molar-refractivity contribution in [1.29, 1.82) is 0 Å². The Morgan fingerprint density at radius 3 is 2.32 bits per heavy atom. The van der Waals surface area contributed by atoms with Gasteiger partial charge in [-0.05, 0) is 37.2 Å². The van der Waals surface area contributed by atoms with Crippen LogP contribution in [0.3, 0.4) is 0 Å². The summed E-state index contributed by atoms with van der Waals surface area (Å²) in [5.74, 6) is 0.699. The van der Waals surface area contributed by atoms with E-state index in [1.807, 2.05) is 0 Å². The minimum atomic E-state index is 0.699. The smallest absolute Gasteiger partial charge is 0.0466 e. The van der Waals surface area contributed by atoms with Gasteiger partial charge in [-0.25, -0.2) is 0 Å². The van der Waals surface area contributed by atoms with Gasteiger partial charge in [0.05, 0.1) is 0 Å². The normalized spacial score (nSPS) is 12.5. The highest BCUT2D eigenvalue weighted by Crippen LogP contribution is 2.24. The van der Waals surface area contributed by atoms with Crippen LogP contribution in [0.1, 0.15) is 70.3 Å². The van der Waals surface area contributed by atoms with Crippen molar-refractivity contribution < 1.29 is 4.74 Å². The first-order valence-electron chi connectivity index (χ1n) is 8.01. The van der Waals surface area contributed by atoms with Crippen LogP contribution in [0.5, 0.6) is 0 Å². The van der Waals surface area contributed by atoms with Crippen molar-refractivity contribution in [2.45, 2.75) is 64.7 Å². The highest BCUT2D eigenvalue weighted by atomic mass is 16.5. The summed E-state index contributed by atoms with van der Waals surface area (Å²) in [5, 5.41) is 0. The topological polar surface area (TPSA) is 9.23 Å². The Hall–Kier alpha value is -0.820. The lowest BCUT2D eigenvalue weighted by Crippen LogP contribution is -2.02. The molecule has 1 heteroatoms. The molecule has 0 aliphatic carbocycles. The summed E-state index contributed by atoms with van der Waals surface area (Å²) in [4.78, 5) is 0. The predicted molar refractivity (Wildman–Crippen MR) is 83.7 cm³/mol. The van der Waals surface area contributed by atoms with Crippen LogP contribution in [0.2, 0.25) is 0 Å². The largest absolute Gasteiger partial charge is 0.381 e. The zero-order valence-corrected chi connectivity index (χ0v) is 12.7. The highest BCUT2D eigenvalue weighted by Gasteiger charge is 2.08. The summed E-state index contributed by atoms with van der Waals surface area (Å²) in [6.45, 7) is 6.40. The summed E-state index contributed by atoms with van der Waals surface area (Å²) in [6.07, 6.45) is 8.84. The number of hydrogen-bond donors (Lipinski definition) is 0. The Kier molecular flexibility index (Phi) is 9.44. The van der Waals surface area contributed by atoms with Crippen molar-refractivity contribution in [3.63, 3.8) is 0 Å². The first-order chi connectivity index (χ1) is 9.38. The second-order valence-corrected chi connectivity index (χ2v) is 5.33. The van der Waals surface area contributed by atoms with Gasteiger partial charge < -0.3 is 4.74 Å². The second-order valence-electron chi connectivity index (χ2n) is 5.33. The molecule has 0 saturated heterocycles. The number of ether oxygens (including phenoxy) is 1. The molecule has 0 N–H and O–H groups in total. The molecule has 0 spiro atoms. The van der Waals surface area contributed by atoms with Crippen LogP contribution < -0.4 is 0 Å². The zero-order chi connectivity index (χ0) is 13.8. The molecule has 1 unspecified atom stereocenters. The van der Waals surface area contributed by atoms with Crippen molar-refractivity contribution in [2.24, 2.45) is 0 Å². The molecule has 108 valence electrons. The van der Waals surface area contributed by atoms with Crippen LogP contribution in [0.25, 0.3) is 0 Å². The average molecular weight is 262 g/mol.